The van der Waals surface area contributed by atoms with Crippen LogP contribution in [0.25, 0.3) is 0 Å². The second kappa shape index (κ2) is 4.60. The predicted octanol–water partition coefficient (Wildman–Crippen LogP) is 2.78. The highest BCUT2D eigenvalue weighted by Gasteiger charge is 2.34. The molecule has 14 heavy (non-hydrogen) atoms. The van der Waals surface area contributed by atoms with Gasteiger partial charge in [-0.2, -0.15) is 0 Å². The van der Waals surface area contributed by atoms with E-state index in [1.807, 2.05) is 6.07 Å². The molecule has 2 atom stereocenters. The normalized spacial score (nSPS) is 25.5. The minimum absolute atomic E-state index is 0.816. The monoisotopic (exact) mass is 206 g/mol. The van der Waals surface area contributed by atoms with Crippen molar-refractivity contribution in [2.45, 2.75) is 18.5 Å². The molecule has 0 amide bonds. The van der Waals surface area contributed by atoms with Crippen molar-refractivity contribution in [3.05, 3.63) is 30.6 Å². The van der Waals surface area contributed by atoms with Crippen LogP contribution in [0.4, 0.5) is 0 Å². The van der Waals surface area contributed by atoms with Crippen LogP contribution in [0.5, 0.6) is 0 Å². The summed E-state index contributed by atoms with van der Waals surface area (Å²) in [7, 11) is 0. The maximum Gasteiger partial charge on any atom is 0.187 e. The third-order valence-electron chi connectivity index (χ3n) is 2.39. The highest BCUT2D eigenvalue weighted by Crippen LogP contribution is 2.42. The molecule has 1 aromatic heterocycles. The molecule has 0 aliphatic heterocycles. The van der Waals surface area contributed by atoms with Crippen LogP contribution in [0.2, 0.25) is 0 Å². The first kappa shape index (κ1) is 9.71. The first-order chi connectivity index (χ1) is 6.90. The number of thioether (sulfide) groups is 1. The number of hydrogen-bond acceptors (Lipinski definition) is 3. The van der Waals surface area contributed by atoms with Crippen molar-refractivity contribution in [2.75, 3.05) is 5.75 Å². The smallest absolute Gasteiger partial charge is 0.187 e. The van der Waals surface area contributed by atoms with Crippen molar-refractivity contribution in [3.63, 3.8) is 0 Å². The summed E-state index contributed by atoms with van der Waals surface area (Å²) in [5, 5.41) is 0.902. The Morgan fingerprint density at radius 1 is 1.50 bits per heavy atom. The van der Waals surface area contributed by atoms with Gasteiger partial charge in [-0.1, -0.05) is 23.9 Å². The van der Waals surface area contributed by atoms with Crippen LogP contribution in [-0.4, -0.2) is 15.7 Å². The topological polar surface area (TPSA) is 25.8 Å². The summed E-state index contributed by atoms with van der Waals surface area (Å²) in [5.41, 5.74) is 0. The Balaban J connectivity index is 1.75. The highest BCUT2D eigenvalue weighted by atomic mass is 32.2. The van der Waals surface area contributed by atoms with Crippen LogP contribution in [0, 0.1) is 11.8 Å². The summed E-state index contributed by atoms with van der Waals surface area (Å²) in [6.45, 7) is 2.09. The van der Waals surface area contributed by atoms with E-state index in [-0.39, 0.29) is 0 Å². The minimum atomic E-state index is 0.816. The fourth-order valence-corrected chi connectivity index (χ4v) is 2.50. The van der Waals surface area contributed by atoms with Gasteiger partial charge in [0.25, 0.3) is 0 Å². The molecular weight excluding hydrogens is 192 g/mol. The molecule has 74 valence electrons. The summed E-state index contributed by atoms with van der Waals surface area (Å²) in [6, 6.07) is 1.85. The van der Waals surface area contributed by atoms with Gasteiger partial charge in [-0.3, -0.25) is 0 Å². The van der Waals surface area contributed by atoms with Crippen LogP contribution in [0.15, 0.2) is 35.8 Å². The first-order valence-corrected chi connectivity index (χ1v) is 5.91. The van der Waals surface area contributed by atoms with Crippen molar-refractivity contribution in [2.24, 2.45) is 11.8 Å². The largest absolute Gasteiger partial charge is 0.231 e. The molecular formula is C11H14N2S. The zero-order chi connectivity index (χ0) is 9.80. The summed E-state index contributed by atoms with van der Waals surface area (Å²) in [5.74, 6) is 2.81. The lowest BCUT2D eigenvalue weighted by Crippen LogP contribution is -1.88. The van der Waals surface area contributed by atoms with Gasteiger partial charge in [-0.05, 0) is 31.2 Å². The quantitative estimate of drug-likeness (QED) is 0.430. The maximum atomic E-state index is 4.18. The molecule has 0 N–H and O–H groups in total. The lowest BCUT2D eigenvalue weighted by molar-refractivity contribution is 0.899. The van der Waals surface area contributed by atoms with Crippen LogP contribution < -0.4 is 0 Å². The predicted molar refractivity (Wildman–Crippen MR) is 59.2 cm³/mol. The van der Waals surface area contributed by atoms with E-state index in [1.54, 1.807) is 24.2 Å². The minimum Gasteiger partial charge on any atom is -0.231 e. The molecule has 0 aromatic carbocycles. The van der Waals surface area contributed by atoms with Gasteiger partial charge in [0.2, 0.25) is 0 Å². The number of nitrogens with zero attached hydrogens (tertiary/aromatic N) is 2. The van der Waals surface area contributed by atoms with Gasteiger partial charge in [-0.25, -0.2) is 9.97 Å². The second-order valence-corrected chi connectivity index (χ2v) is 4.51. The van der Waals surface area contributed by atoms with Crippen LogP contribution in [0.1, 0.15) is 13.3 Å². The summed E-state index contributed by atoms with van der Waals surface area (Å²) in [4.78, 5) is 8.37. The fraction of sp³-hybridized carbons (Fsp3) is 0.455. The second-order valence-electron chi connectivity index (χ2n) is 3.53. The molecule has 3 heteroatoms. The van der Waals surface area contributed by atoms with Gasteiger partial charge in [0, 0.05) is 18.1 Å². The van der Waals surface area contributed by atoms with Crippen LogP contribution in [0.3, 0.4) is 0 Å². The molecule has 1 fully saturated rings. The molecule has 0 spiro atoms. The molecule has 1 saturated carbocycles. The molecule has 1 aliphatic rings. The molecule has 0 bridgehead atoms. The Kier molecular flexibility index (Phi) is 3.19. The van der Waals surface area contributed by atoms with Crippen molar-refractivity contribution in [3.8, 4) is 0 Å². The Morgan fingerprint density at radius 3 is 3.00 bits per heavy atom. The van der Waals surface area contributed by atoms with Crippen molar-refractivity contribution < 1.29 is 0 Å². The van der Waals surface area contributed by atoms with Crippen molar-refractivity contribution >= 4 is 11.8 Å². The van der Waals surface area contributed by atoms with Gasteiger partial charge in [0.1, 0.15) is 0 Å². The zero-order valence-electron chi connectivity index (χ0n) is 8.26. The van der Waals surface area contributed by atoms with E-state index in [0.29, 0.717) is 0 Å². The number of allylic oxidation sites excluding steroid dienone is 2. The van der Waals surface area contributed by atoms with Gasteiger partial charge in [0.05, 0.1) is 0 Å². The number of aromatic nitrogens is 2. The fourth-order valence-electron chi connectivity index (χ4n) is 1.49. The van der Waals surface area contributed by atoms with Crippen molar-refractivity contribution in [1.82, 2.24) is 9.97 Å². The molecule has 1 aliphatic carbocycles. The zero-order valence-corrected chi connectivity index (χ0v) is 9.07. The van der Waals surface area contributed by atoms with Gasteiger partial charge < -0.3 is 0 Å². The maximum absolute atomic E-state index is 4.18. The summed E-state index contributed by atoms with van der Waals surface area (Å²) < 4.78 is 0. The Hall–Kier alpha value is -0.830. The van der Waals surface area contributed by atoms with E-state index in [0.717, 1.165) is 22.7 Å². The van der Waals surface area contributed by atoms with Gasteiger partial charge >= 0.3 is 0 Å². The van der Waals surface area contributed by atoms with Crippen molar-refractivity contribution in [1.29, 1.82) is 0 Å². The Labute approximate surface area is 88.9 Å². The lowest BCUT2D eigenvalue weighted by atomic mass is 10.3. The third-order valence-corrected chi connectivity index (χ3v) is 3.45. The standard InChI is InChI=1S/C11H14N2S/c1-2-4-9-7-10(9)8-14-11-12-5-3-6-13-11/h2-6,9-10H,7-8H2,1H3/b4-2+/t9-,10+/m1/s1. The molecule has 0 saturated heterocycles. The molecule has 0 unspecified atom stereocenters. The molecule has 1 aromatic rings. The molecule has 1 heterocycles. The highest BCUT2D eigenvalue weighted by molar-refractivity contribution is 7.99. The number of rotatable bonds is 4. The van der Waals surface area contributed by atoms with E-state index in [2.05, 4.69) is 29.0 Å². The van der Waals surface area contributed by atoms with Gasteiger partial charge in [-0.15, -0.1) is 0 Å². The van der Waals surface area contributed by atoms with Gasteiger partial charge in [0.15, 0.2) is 5.16 Å². The molecule has 2 nitrogen and oxygen atoms in total. The van der Waals surface area contributed by atoms with E-state index < -0.39 is 0 Å². The van der Waals surface area contributed by atoms with E-state index in [1.165, 1.54) is 6.42 Å². The first-order valence-electron chi connectivity index (χ1n) is 4.93. The summed E-state index contributed by atoms with van der Waals surface area (Å²) >= 11 is 1.76. The molecule has 2 rings (SSSR count). The number of hydrogen-bond donors (Lipinski definition) is 0. The van der Waals surface area contributed by atoms with E-state index in [9.17, 15) is 0 Å². The van der Waals surface area contributed by atoms with E-state index >= 15 is 0 Å². The average molecular weight is 206 g/mol. The lowest BCUT2D eigenvalue weighted by Gasteiger charge is -1.96. The third kappa shape index (κ3) is 2.58. The van der Waals surface area contributed by atoms with E-state index in [4.69, 9.17) is 0 Å². The summed E-state index contributed by atoms with van der Waals surface area (Å²) in [6.07, 6.45) is 9.38. The molecule has 0 radical (unpaired) electrons. The average Bonchev–Trinajstić information content (AvgIpc) is 2.96. The van der Waals surface area contributed by atoms with Crippen LogP contribution >= 0.6 is 11.8 Å². The Bertz CT molecular complexity index is 310. The SMILES string of the molecule is C/C=C/[C@@H]1C[C@H]1CSc1ncccn1. The van der Waals surface area contributed by atoms with Crippen LogP contribution in [-0.2, 0) is 0 Å². The Morgan fingerprint density at radius 2 is 2.29 bits per heavy atom.